The molecular weight excluding hydrogens is 481 g/mol. The van der Waals surface area contributed by atoms with Crippen molar-refractivity contribution in [1.29, 1.82) is 0 Å². The Bertz CT molecular complexity index is 1060. The summed E-state index contributed by atoms with van der Waals surface area (Å²) in [5.41, 5.74) is -1.74. The Hall–Kier alpha value is -2.93. The number of anilines is 1. The average Bonchev–Trinajstić information content (AvgIpc) is 2.73. The number of hydrogen-bond acceptors (Lipinski definition) is 7. The van der Waals surface area contributed by atoms with E-state index in [1.807, 2.05) is 4.90 Å². The number of alkyl halides is 3. The number of pyridine rings is 1. The van der Waals surface area contributed by atoms with Gasteiger partial charge in [-0.15, -0.1) is 0 Å². The van der Waals surface area contributed by atoms with Crippen LogP contribution < -0.4 is 4.90 Å². The molecule has 2 heterocycles. The van der Waals surface area contributed by atoms with Crippen LogP contribution in [0.5, 0.6) is 0 Å². The van der Waals surface area contributed by atoms with Crippen LogP contribution in [0, 0.1) is 5.41 Å². The van der Waals surface area contributed by atoms with E-state index in [2.05, 4.69) is 4.98 Å². The molecule has 34 heavy (non-hydrogen) atoms. The van der Waals surface area contributed by atoms with Crippen LogP contribution in [0.1, 0.15) is 31.7 Å². The maximum atomic E-state index is 12.4. The molecule has 1 aromatic rings. The molecule has 0 bridgehead atoms. The number of carboxylic acid groups (broad SMARTS) is 2. The van der Waals surface area contributed by atoms with Crippen molar-refractivity contribution in [2.45, 2.75) is 38.5 Å². The Kier molecular flexibility index (Phi) is 8.48. The van der Waals surface area contributed by atoms with Crippen molar-refractivity contribution in [3.8, 4) is 0 Å². The Labute approximate surface area is 194 Å². The summed E-state index contributed by atoms with van der Waals surface area (Å²) in [6, 6.07) is 2.31. The van der Waals surface area contributed by atoms with Gasteiger partial charge in [0, 0.05) is 24.9 Å². The molecular formula is C21H25F3N2O7S. The van der Waals surface area contributed by atoms with Gasteiger partial charge in [-0.25, -0.2) is 9.78 Å². The van der Waals surface area contributed by atoms with E-state index in [0.29, 0.717) is 31.7 Å². The Morgan fingerprint density at radius 2 is 1.82 bits per heavy atom. The minimum Gasteiger partial charge on any atom is -0.481 e. The van der Waals surface area contributed by atoms with E-state index in [9.17, 15) is 31.2 Å². The van der Waals surface area contributed by atoms with E-state index in [0.717, 1.165) is 18.5 Å². The monoisotopic (exact) mass is 506 g/mol. The molecule has 9 nitrogen and oxygen atoms in total. The lowest BCUT2D eigenvalue weighted by atomic mass is 9.80. The largest absolute Gasteiger partial charge is 0.481 e. The van der Waals surface area contributed by atoms with Gasteiger partial charge >= 0.3 is 18.1 Å². The predicted molar refractivity (Wildman–Crippen MR) is 116 cm³/mol. The second-order valence-corrected chi connectivity index (χ2v) is 9.75. The molecule has 1 aliphatic carbocycles. The van der Waals surface area contributed by atoms with E-state index >= 15 is 0 Å². The lowest BCUT2D eigenvalue weighted by molar-refractivity contribution is -0.145. The molecule has 3 rings (SSSR count). The smallest absolute Gasteiger partial charge is 0.417 e. The summed E-state index contributed by atoms with van der Waals surface area (Å²) >= 11 is 0. The van der Waals surface area contributed by atoms with E-state index in [4.69, 9.17) is 14.4 Å². The zero-order chi connectivity index (χ0) is 25.7. The number of halogens is 3. The van der Waals surface area contributed by atoms with E-state index < -0.39 is 39.2 Å². The third-order valence-electron chi connectivity index (χ3n) is 5.23. The molecule has 0 spiro atoms. The number of hydrogen-bond donors (Lipinski definition) is 2. The molecule has 13 heteroatoms. The van der Waals surface area contributed by atoms with Crippen molar-refractivity contribution >= 4 is 27.9 Å². The molecule has 1 unspecified atom stereocenters. The molecule has 1 aromatic heterocycles. The minimum absolute atomic E-state index is 0.0359. The van der Waals surface area contributed by atoms with Crippen molar-refractivity contribution in [2.24, 2.45) is 5.41 Å². The number of rotatable bonds is 5. The predicted octanol–water partition coefficient (Wildman–Crippen LogP) is 3.09. The number of aromatic nitrogens is 1. The van der Waals surface area contributed by atoms with E-state index in [1.54, 1.807) is 0 Å². The first-order valence-electron chi connectivity index (χ1n) is 10.1. The molecule has 0 amide bonds. The van der Waals surface area contributed by atoms with Gasteiger partial charge in [0.1, 0.15) is 5.82 Å². The molecule has 1 saturated heterocycles. The van der Waals surface area contributed by atoms with Crippen LogP contribution in [-0.4, -0.2) is 61.0 Å². The molecule has 188 valence electrons. The standard InChI is InChI=1S/C12H15F3N2O3S.C9H10O4/c1-21(18,19)20-10-4-6-17(7-5-10)11-3-2-9(8-16-11)12(13,14)15;1-9(8(12)13)4-2-3-6(5-9)7(10)11/h2-3,8,10H,4-7H2,1H3;2-4H,5H2,1H3,(H,10,11)(H,12,13). The second kappa shape index (κ2) is 10.6. The molecule has 1 atom stereocenters. The normalized spacial score (nSPS) is 21.3. The second-order valence-electron chi connectivity index (χ2n) is 8.15. The summed E-state index contributed by atoms with van der Waals surface area (Å²) in [4.78, 5) is 27.0. The van der Waals surface area contributed by atoms with Gasteiger partial charge in [0.05, 0.1) is 23.3 Å². The van der Waals surface area contributed by atoms with Crippen LogP contribution in [0.4, 0.5) is 19.0 Å². The summed E-state index contributed by atoms with van der Waals surface area (Å²) in [5.74, 6) is -1.62. The number of piperidine rings is 1. The van der Waals surface area contributed by atoms with Crippen molar-refractivity contribution in [1.82, 2.24) is 4.98 Å². The summed E-state index contributed by atoms with van der Waals surface area (Å²) < 4.78 is 64.3. The van der Waals surface area contributed by atoms with Crippen molar-refractivity contribution < 1.29 is 45.6 Å². The lowest BCUT2D eigenvalue weighted by Gasteiger charge is -2.32. The molecule has 0 radical (unpaired) electrons. The summed E-state index contributed by atoms with van der Waals surface area (Å²) in [6.07, 6.45) is 2.41. The fourth-order valence-corrected chi connectivity index (χ4v) is 4.04. The Morgan fingerprint density at radius 3 is 2.26 bits per heavy atom. The minimum atomic E-state index is -4.40. The first kappa shape index (κ1) is 27.3. The van der Waals surface area contributed by atoms with Gasteiger partial charge in [-0.05, 0) is 38.3 Å². The summed E-state index contributed by atoms with van der Waals surface area (Å²) in [6.45, 7) is 2.47. The van der Waals surface area contributed by atoms with Crippen LogP contribution in [0.25, 0.3) is 0 Å². The Balaban J connectivity index is 0.000000270. The number of allylic oxidation sites excluding steroid dienone is 2. The molecule has 1 fully saturated rings. The summed E-state index contributed by atoms with van der Waals surface area (Å²) in [7, 11) is -3.49. The fourth-order valence-electron chi connectivity index (χ4n) is 3.35. The SMILES string of the molecule is CC1(C(=O)O)C=CC=C(C(=O)O)C1.CS(=O)(=O)OC1CCN(c2ccc(C(F)(F)F)cn2)CC1. The van der Waals surface area contributed by atoms with Gasteiger partial charge in [0.2, 0.25) is 0 Å². The first-order valence-corrected chi connectivity index (χ1v) is 11.9. The van der Waals surface area contributed by atoms with Crippen molar-refractivity contribution in [3.63, 3.8) is 0 Å². The first-order chi connectivity index (χ1) is 15.6. The Morgan fingerprint density at radius 1 is 1.21 bits per heavy atom. The topological polar surface area (TPSA) is 134 Å². The molecule has 2 N–H and O–H groups in total. The highest BCUT2D eigenvalue weighted by Gasteiger charge is 2.34. The van der Waals surface area contributed by atoms with Gasteiger partial charge in [-0.3, -0.25) is 8.98 Å². The third-order valence-corrected chi connectivity index (χ3v) is 5.86. The number of nitrogens with zero attached hydrogens (tertiary/aromatic N) is 2. The van der Waals surface area contributed by atoms with Crippen molar-refractivity contribution in [2.75, 3.05) is 24.2 Å². The van der Waals surface area contributed by atoms with Gasteiger partial charge < -0.3 is 15.1 Å². The summed E-state index contributed by atoms with van der Waals surface area (Å²) in [5, 5.41) is 17.5. The van der Waals surface area contributed by atoms with Crippen LogP contribution in [0.2, 0.25) is 0 Å². The fraction of sp³-hybridized carbons (Fsp3) is 0.476. The van der Waals surface area contributed by atoms with E-state index in [-0.39, 0.29) is 18.1 Å². The average molecular weight is 506 g/mol. The van der Waals surface area contributed by atoms with Gasteiger partial charge in [-0.1, -0.05) is 18.2 Å². The van der Waals surface area contributed by atoms with Gasteiger partial charge in [0.25, 0.3) is 10.1 Å². The molecule has 0 aromatic carbocycles. The highest BCUT2D eigenvalue weighted by molar-refractivity contribution is 7.86. The maximum absolute atomic E-state index is 12.4. The molecule has 1 aliphatic heterocycles. The number of carbonyl (C=O) groups is 2. The third kappa shape index (κ3) is 7.83. The number of aliphatic carboxylic acids is 2. The number of carboxylic acids is 2. The van der Waals surface area contributed by atoms with Crippen molar-refractivity contribution in [3.05, 3.63) is 47.7 Å². The van der Waals surface area contributed by atoms with Crippen LogP contribution in [0.3, 0.4) is 0 Å². The lowest BCUT2D eigenvalue weighted by Crippen LogP contribution is -2.38. The zero-order valence-corrected chi connectivity index (χ0v) is 19.3. The molecule has 0 saturated carbocycles. The van der Waals surface area contributed by atoms with E-state index in [1.165, 1.54) is 31.2 Å². The van der Waals surface area contributed by atoms with Crippen LogP contribution in [0.15, 0.2) is 42.1 Å². The highest BCUT2D eigenvalue weighted by atomic mass is 32.2. The van der Waals surface area contributed by atoms with Gasteiger partial charge in [0.15, 0.2) is 0 Å². The van der Waals surface area contributed by atoms with Gasteiger partial charge in [-0.2, -0.15) is 21.6 Å². The van der Waals surface area contributed by atoms with Crippen LogP contribution >= 0.6 is 0 Å². The molecule has 2 aliphatic rings. The quantitative estimate of drug-likeness (QED) is 0.578. The highest BCUT2D eigenvalue weighted by Crippen LogP contribution is 2.32. The maximum Gasteiger partial charge on any atom is 0.417 e. The zero-order valence-electron chi connectivity index (χ0n) is 18.4. The van der Waals surface area contributed by atoms with Crippen LogP contribution in [-0.2, 0) is 30.1 Å².